The number of ketones is 1. The van der Waals surface area contributed by atoms with Crippen molar-refractivity contribution in [2.24, 2.45) is 0 Å². The van der Waals surface area contributed by atoms with Crippen LogP contribution in [-0.4, -0.2) is 15.8 Å². The molecule has 0 aliphatic rings. The van der Waals surface area contributed by atoms with E-state index >= 15 is 0 Å². The second kappa shape index (κ2) is 10.3. The van der Waals surface area contributed by atoms with Crippen molar-refractivity contribution in [1.82, 2.24) is 9.97 Å². The molecule has 0 bridgehead atoms. The maximum atomic E-state index is 12.6. The van der Waals surface area contributed by atoms with Crippen LogP contribution in [0.1, 0.15) is 49.7 Å². The molecule has 2 aromatic heterocycles. The molecule has 0 saturated carbocycles. The third kappa shape index (κ3) is 5.46. The molecule has 0 aliphatic carbocycles. The molecular formula is C25H28N2O. The summed E-state index contributed by atoms with van der Waals surface area (Å²) in [4.78, 5) is 21.4. The third-order valence-corrected chi connectivity index (χ3v) is 4.54. The van der Waals surface area contributed by atoms with E-state index in [9.17, 15) is 4.79 Å². The molecule has 28 heavy (non-hydrogen) atoms. The smallest absolute Gasteiger partial charge is 0.163 e. The van der Waals surface area contributed by atoms with Crippen molar-refractivity contribution in [3.8, 4) is 0 Å². The van der Waals surface area contributed by atoms with E-state index in [1.54, 1.807) is 12.4 Å². The van der Waals surface area contributed by atoms with E-state index < -0.39 is 0 Å². The van der Waals surface area contributed by atoms with Gasteiger partial charge in [-0.15, -0.1) is 0 Å². The zero-order valence-corrected chi connectivity index (χ0v) is 17.2. The van der Waals surface area contributed by atoms with E-state index in [1.807, 2.05) is 58.1 Å². The Morgan fingerprint density at radius 1 is 1.18 bits per heavy atom. The average Bonchev–Trinajstić information content (AvgIpc) is 2.69. The van der Waals surface area contributed by atoms with Crippen LogP contribution in [0.4, 0.5) is 0 Å². The molecular weight excluding hydrogens is 344 g/mol. The summed E-state index contributed by atoms with van der Waals surface area (Å²) < 4.78 is 0. The zero-order valence-electron chi connectivity index (χ0n) is 17.2. The van der Waals surface area contributed by atoms with Gasteiger partial charge in [0.2, 0.25) is 0 Å². The van der Waals surface area contributed by atoms with Crippen molar-refractivity contribution < 1.29 is 4.79 Å². The van der Waals surface area contributed by atoms with Gasteiger partial charge in [0.1, 0.15) is 0 Å². The Labute approximate surface area is 168 Å². The summed E-state index contributed by atoms with van der Waals surface area (Å²) in [6.07, 6.45) is 12.3. The van der Waals surface area contributed by atoms with Gasteiger partial charge in [0.25, 0.3) is 0 Å². The Morgan fingerprint density at radius 2 is 1.96 bits per heavy atom. The molecule has 3 heteroatoms. The summed E-state index contributed by atoms with van der Waals surface area (Å²) in [5.41, 5.74) is 6.67. The molecule has 0 aliphatic heterocycles. The summed E-state index contributed by atoms with van der Waals surface area (Å²) in [6.45, 7) is 11.7. The molecule has 2 aromatic rings. The van der Waals surface area contributed by atoms with E-state index in [2.05, 4.69) is 34.8 Å². The van der Waals surface area contributed by atoms with Crippen LogP contribution in [-0.2, 0) is 11.2 Å². The first-order valence-corrected chi connectivity index (χ1v) is 9.53. The number of carbonyl (C=O) groups excluding carboxylic acids is 1. The van der Waals surface area contributed by atoms with E-state index in [0.717, 1.165) is 33.7 Å². The summed E-state index contributed by atoms with van der Waals surface area (Å²) in [7, 11) is 0. The van der Waals surface area contributed by atoms with Crippen LogP contribution in [0.25, 0.3) is 5.57 Å². The van der Waals surface area contributed by atoms with Gasteiger partial charge in [-0.25, -0.2) is 0 Å². The molecule has 0 radical (unpaired) electrons. The largest absolute Gasteiger partial charge is 0.294 e. The number of carbonyl (C=O) groups is 1. The second-order valence-electron chi connectivity index (χ2n) is 6.68. The first kappa shape index (κ1) is 21.2. The van der Waals surface area contributed by atoms with Crippen molar-refractivity contribution in [2.75, 3.05) is 0 Å². The number of pyridine rings is 2. The number of rotatable bonds is 8. The maximum Gasteiger partial charge on any atom is 0.163 e. The molecule has 2 rings (SSSR count). The van der Waals surface area contributed by atoms with Crippen LogP contribution in [0.15, 0.2) is 78.7 Å². The van der Waals surface area contributed by atoms with Crippen molar-refractivity contribution in [1.29, 1.82) is 0 Å². The fraction of sp³-hybridized carbons (Fsp3) is 0.240. The minimum Gasteiger partial charge on any atom is -0.294 e. The molecule has 144 valence electrons. The van der Waals surface area contributed by atoms with Gasteiger partial charge in [-0.1, -0.05) is 36.9 Å². The Hall–Kier alpha value is -3.07. The lowest BCUT2D eigenvalue weighted by molar-refractivity contribution is -0.115. The fourth-order valence-electron chi connectivity index (χ4n) is 3.07. The number of hydrogen-bond donors (Lipinski definition) is 0. The lowest BCUT2D eigenvalue weighted by Crippen LogP contribution is -2.06. The van der Waals surface area contributed by atoms with Crippen LogP contribution in [0.2, 0.25) is 0 Å². The number of hydrogen-bond acceptors (Lipinski definition) is 3. The van der Waals surface area contributed by atoms with Gasteiger partial charge in [0.15, 0.2) is 5.78 Å². The van der Waals surface area contributed by atoms with Crippen LogP contribution in [0.5, 0.6) is 0 Å². The van der Waals surface area contributed by atoms with Crippen molar-refractivity contribution in [2.45, 2.75) is 40.5 Å². The molecule has 0 saturated heterocycles. The topological polar surface area (TPSA) is 42.9 Å². The minimum absolute atomic E-state index is 0.0900. The number of aryl methyl sites for hydroxylation is 2. The first-order valence-electron chi connectivity index (χ1n) is 9.53. The van der Waals surface area contributed by atoms with Gasteiger partial charge in [-0.3, -0.25) is 14.8 Å². The number of allylic oxidation sites excluding steroid dienone is 6. The van der Waals surface area contributed by atoms with Gasteiger partial charge < -0.3 is 0 Å². The Kier molecular flexibility index (Phi) is 7.82. The SMILES string of the molecule is C=C(C)/C(=C\C=C/C)C(=O)CCc1cc(/C(=C/C)c2cccnc2C)ccn1. The number of aromatic nitrogens is 2. The maximum absolute atomic E-state index is 12.6. The monoisotopic (exact) mass is 372 g/mol. The normalized spacial score (nSPS) is 12.4. The van der Waals surface area contributed by atoms with Crippen LogP contribution >= 0.6 is 0 Å². The van der Waals surface area contributed by atoms with Crippen LogP contribution < -0.4 is 0 Å². The fourth-order valence-corrected chi connectivity index (χ4v) is 3.07. The highest BCUT2D eigenvalue weighted by atomic mass is 16.1. The van der Waals surface area contributed by atoms with E-state index in [0.29, 0.717) is 18.4 Å². The summed E-state index contributed by atoms with van der Waals surface area (Å²) in [6, 6.07) is 8.08. The number of Topliss-reactive ketones (excluding diaryl/α,β-unsaturated/α-hetero) is 1. The lowest BCUT2D eigenvalue weighted by atomic mass is 9.95. The summed E-state index contributed by atoms with van der Waals surface area (Å²) in [5, 5.41) is 0. The minimum atomic E-state index is 0.0900. The van der Waals surface area contributed by atoms with Gasteiger partial charge in [-0.2, -0.15) is 0 Å². The lowest BCUT2D eigenvalue weighted by Gasteiger charge is -2.11. The average molecular weight is 373 g/mol. The molecule has 0 aromatic carbocycles. The molecule has 0 amide bonds. The Morgan fingerprint density at radius 3 is 2.61 bits per heavy atom. The molecule has 0 atom stereocenters. The predicted octanol–water partition coefficient (Wildman–Crippen LogP) is 5.82. The summed E-state index contributed by atoms with van der Waals surface area (Å²) >= 11 is 0. The molecule has 0 spiro atoms. The van der Waals surface area contributed by atoms with Crippen LogP contribution in [0.3, 0.4) is 0 Å². The van der Waals surface area contributed by atoms with Gasteiger partial charge in [0, 0.05) is 41.3 Å². The second-order valence-corrected chi connectivity index (χ2v) is 6.68. The molecule has 0 unspecified atom stereocenters. The Balaban J connectivity index is 2.21. The van der Waals surface area contributed by atoms with Crippen molar-refractivity contribution in [3.05, 3.63) is 101 Å². The highest BCUT2D eigenvalue weighted by molar-refractivity contribution is 5.99. The molecule has 2 heterocycles. The quantitative estimate of drug-likeness (QED) is 0.433. The third-order valence-electron chi connectivity index (χ3n) is 4.54. The van der Waals surface area contributed by atoms with Crippen LogP contribution in [0, 0.1) is 6.92 Å². The number of nitrogens with zero attached hydrogens (tertiary/aromatic N) is 2. The van der Waals surface area contributed by atoms with Gasteiger partial charge in [-0.05, 0) is 69.0 Å². The molecule has 0 N–H and O–H groups in total. The van der Waals surface area contributed by atoms with Crippen molar-refractivity contribution in [3.63, 3.8) is 0 Å². The van der Waals surface area contributed by atoms with Crippen molar-refractivity contribution >= 4 is 11.4 Å². The highest BCUT2D eigenvalue weighted by Crippen LogP contribution is 2.25. The summed E-state index contributed by atoms with van der Waals surface area (Å²) in [5.74, 6) is 0.0900. The molecule has 3 nitrogen and oxygen atoms in total. The van der Waals surface area contributed by atoms with E-state index in [4.69, 9.17) is 0 Å². The first-order chi connectivity index (χ1) is 13.5. The molecule has 0 fully saturated rings. The standard InChI is InChI=1S/C25H28N2O/c1-6-8-10-23(18(3)4)25(28)13-12-21-17-20(14-16-27-21)22(7-2)24-11-9-15-26-19(24)5/h6-11,14-17H,3,12-13H2,1-2,4-5H3/b8-6-,22-7-,23-10+. The Bertz CT molecular complexity index is 949. The zero-order chi connectivity index (χ0) is 20.5. The highest BCUT2D eigenvalue weighted by Gasteiger charge is 2.12. The van der Waals surface area contributed by atoms with E-state index in [1.165, 1.54) is 0 Å². The predicted molar refractivity (Wildman–Crippen MR) is 117 cm³/mol. The van der Waals surface area contributed by atoms with Gasteiger partial charge in [0.05, 0.1) is 0 Å². The van der Waals surface area contributed by atoms with Gasteiger partial charge >= 0.3 is 0 Å². The van der Waals surface area contributed by atoms with E-state index in [-0.39, 0.29) is 5.78 Å².